The third kappa shape index (κ3) is 2.46. The van der Waals surface area contributed by atoms with Crippen molar-refractivity contribution >= 4 is 5.91 Å². The maximum absolute atomic E-state index is 12.6. The number of amides is 1. The molecule has 1 saturated heterocycles. The number of hydrogen-bond donors (Lipinski definition) is 0. The smallest absolute Gasteiger partial charge is 0.276 e. The van der Waals surface area contributed by atoms with Crippen LogP contribution in [0.4, 0.5) is 0 Å². The summed E-state index contributed by atoms with van der Waals surface area (Å²) in [5, 5.41) is 3.89. The zero-order chi connectivity index (χ0) is 15.0. The van der Waals surface area contributed by atoms with Gasteiger partial charge in [0.1, 0.15) is 11.6 Å². The van der Waals surface area contributed by atoms with Crippen molar-refractivity contribution in [2.75, 3.05) is 6.54 Å². The molecule has 0 spiro atoms. The molecular formula is C15H20N4O2. The van der Waals surface area contributed by atoms with Gasteiger partial charge < -0.3 is 14.0 Å². The molecule has 1 aliphatic rings. The normalized spacial score (nSPS) is 18.4. The Balaban J connectivity index is 1.86. The van der Waals surface area contributed by atoms with E-state index in [1.807, 2.05) is 36.6 Å². The van der Waals surface area contributed by atoms with Crippen LogP contribution in [0.25, 0.3) is 0 Å². The molecule has 1 aliphatic heterocycles. The van der Waals surface area contributed by atoms with Crippen LogP contribution in [-0.4, -0.2) is 32.1 Å². The van der Waals surface area contributed by atoms with Crippen molar-refractivity contribution in [3.05, 3.63) is 35.2 Å². The molecule has 0 N–H and O–H groups in total. The molecule has 6 nitrogen and oxygen atoms in total. The molecule has 0 bridgehead atoms. The summed E-state index contributed by atoms with van der Waals surface area (Å²) in [4.78, 5) is 19.1. The van der Waals surface area contributed by atoms with Crippen LogP contribution in [-0.2, 0) is 13.5 Å². The minimum absolute atomic E-state index is 0.0259. The summed E-state index contributed by atoms with van der Waals surface area (Å²) in [6.45, 7) is 4.68. The van der Waals surface area contributed by atoms with E-state index in [0.29, 0.717) is 5.69 Å². The molecular weight excluding hydrogens is 268 g/mol. The second kappa shape index (κ2) is 5.35. The highest BCUT2D eigenvalue weighted by Gasteiger charge is 2.34. The molecule has 21 heavy (non-hydrogen) atoms. The molecule has 2 aromatic rings. The number of carbonyl (C=O) groups is 1. The van der Waals surface area contributed by atoms with Crippen LogP contribution in [0.15, 0.2) is 16.8 Å². The lowest BCUT2D eigenvalue weighted by atomic mass is 10.2. The standard InChI is InChI=1S/C15H20N4O2/c1-4-11-8-12(17-21-11)15(20)19-7-5-6-13(19)14-16-10(2)9-18(14)3/h8-9,13H,4-7H2,1-3H3. The van der Waals surface area contributed by atoms with Gasteiger partial charge in [0.25, 0.3) is 5.91 Å². The molecule has 112 valence electrons. The summed E-state index contributed by atoms with van der Waals surface area (Å²) in [7, 11) is 1.97. The fourth-order valence-electron chi connectivity index (χ4n) is 2.95. The van der Waals surface area contributed by atoms with E-state index in [4.69, 9.17) is 4.52 Å². The fourth-order valence-corrected chi connectivity index (χ4v) is 2.95. The lowest BCUT2D eigenvalue weighted by Crippen LogP contribution is -2.32. The van der Waals surface area contributed by atoms with E-state index < -0.39 is 0 Å². The molecule has 1 fully saturated rings. The second-order valence-corrected chi connectivity index (χ2v) is 5.54. The van der Waals surface area contributed by atoms with Crippen LogP contribution >= 0.6 is 0 Å². The van der Waals surface area contributed by atoms with E-state index in [-0.39, 0.29) is 11.9 Å². The predicted octanol–water partition coefficient (Wildman–Crippen LogP) is 2.26. The molecule has 1 unspecified atom stereocenters. The molecule has 6 heteroatoms. The van der Waals surface area contributed by atoms with Crippen LogP contribution in [0, 0.1) is 6.92 Å². The highest BCUT2D eigenvalue weighted by atomic mass is 16.5. The number of aromatic nitrogens is 3. The number of nitrogens with zero attached hydrogens (tertiary/aromatic N) is 4. The number of aryl methyl sites for hydroxylation is 3. The number of likely N-dealkylation sites (tertiary alicyclic amines) is 1. The zero-order valence-corrected chi connectivity index (χ0v) is 12.7. The topological polar surface area (TPSA) is 64.2 Å². The fraction of sp³-hybridized carbons (Fsp3) is 0.533. The van der Waals surface area contributed by atoms with Gasteiger partial charge in [0, 0.05) is 32.3 Å². The lowest BCUT2D eigenvalue weighted by molar-refractivity contribution is 0.0717. The van der Waals surface area contributed by atoms with Gasteiger partial charge in [0.15, 0.2) is 5.69 Å². The van der Waals surface area contributed by atoms with Gasteiger partial charge in [0.05, 0.1) is 11.7 Å². The quantitative estimate of drug-likeness (QED) is 0.869. The first-order valence-electron chi connectivity index (χ1n) is 7.36. The Bertz CT molecular complexity index is 658. The number of imidazole rings is 1. The summed E-state index contributed by atoms with van der Waals surface area (Å²) in [6.07, 6.45) is 4.65. The summed E-state index contributed by atoms with van der Waals surface area (Å²) in [5.41, 5.74) is 1.37. The van der Waals surface area contributed by atoms with Crippen LogP contribution in [0.5, 0.6) is 0 Å². The Morgan fingerprint density at radius 3 is 2.95 bits per heavy atom. The van der Waals surface area contributed by atoms with E-state index in [2.05, 4.69) is 10.1 Å². The van der Waals surface area contributed by atoms with Gasteiger partial charge in [-0.3, -0.25) is 4.79 Å². The molecule has 0 aliphatic carbocycles. The van der Waals surface area contributed by atoms with Crippen LogP contribution in [0.2, 0.25) is 0 Å². The van der Waals surface area contributed by atoms with Crippen LogP contribution in [0.1, 0.15) is 53.6 Å². The first kappa shape index (κ1) is 13.9. The Morgan fingerprint density at radius 1 is 1.52 bits per heavy atom. The zero-order valence-electron chi connectivity index (χ0n) is 12.7. The molecule has 0 aromatic carbocycles. The molecule has 0 radical (unpaired) electrons. The van der Waals surface area contributed by atoms with E-state index >= 15 is 0 Å². The Kier molecular flexibility index (Phi) is 3.53. The lowest BCUT2D eigenvalue weighted by Gasteiger charge is -2.23. The van der Waals surface area contributed by atoms with Crippen molar-refractivity contribution in [3.63, 3.8) is 0 Å². The SMILES string of the molecule is CCc1cc(C(=O)N2CCCC2c2nc(C)cn2C)no1. The minimum Gasteiger partial charge on any atom is -0.361 e. The van der Waals surface area contributed by atoms with Gasteiger partial charge >= 0.3 is 0 Å². The third-order valence-electron chi connectivity index (χ3n) is 3.97. The molecule has 3 rings (SSSR count). The van der Waals surface area contributed by atoms with Crippen molar-refractivity contribution < 1.29 is 9.32 Å². The van der Waals surface area contributed by atoms with Gasteiger partial charge in [-0.25, -0.2) is 4.98 Å². The van der Waals surface area contributed by atoms with Crippen molar-refractivity contribution in [1.29, 1.82) is 0 Å². The van der Waals surface area contributed by atoms with Crippen LogP contribution in [0.3, 0.4) is 0 Å². The molecule has 2 aromatic heterocycles. The molecule has 1 atom stereocenters. The number of hydrogen-bond acceptors (Lipinski definition) is 4. The Labute approximate surface area is 123 Å². The number of carbonyl (C=O) groups excluding carboxylic acids is 1. The van der Waals surface area contributed by atoms with Crippen molar-refractivity contribution in [3.8, 4) is 0 Å². The average Bonchev–Trinajstić information content (AvgIpc) is 3.16. The Hall–Kier alpha value is -2.11. The summed E-state index contributed by atoms with van der Waals surface area (Å²) < 4.78 is 7.15. The highest BCUT2D eigenvalue weighted by Crippen LogP contribution is 2.32. The van der Waals surface area contributed by atoms with Crippen molar-refractivity contribution in [2.45, 2.75) is 39.2 Å². The van der Waals surface area contributed by atoms with Gasteiger partial charge in [-0.05, 0) is 19.8 Å². The number of rotatable bonds is 3. The molecule has 3 heterocycles. The van der Waals surface area contributed by atoms with Gasteiger partial charge in [-0.2, -0.15) is 0 Å². The summed E-state index contributed by atoms with van der Waals surface area (Å²) in [6, 6.07) is 1.76. The average molecular weight is 288 g/mol. The highest BCUT2D eigenvalue weighted by molar-refractivity contribution is 5.92. The van der Waals surface area contributed by atoms with Crippen molar-refractivity contribution in [1.82, 2.24) is 19.6 Å². The van der Waals surface area contributed by atoms with Gasteiger partial charge in [0.2, 0.25) is 0 Å². The monoisotopic (exact) mass is 288 g/mol. The molecule has 1 amide bonds. The van der Waals surface area contributed by atoms with Gasteiger partial charge in [-0.1, -0.05) is 12.1 Å². The first-order chi connectivity index (χ1) is 10.1. The summed E-state index contributed by atoms with van der Waals surface area (Å²) in [5.74, 6) is 1.61. The first-order valence-corrected chi connectivity index (χ1v) is 7.36. The maximum Gasteiger partial charge on any atom is 0.276 e. The Morgan fingerprint density at radius 2 is 2.33 bits per heavy atom. The largest absolute Gasteiger partial charge is 0.361 e. The van der Waals surface area contributed by atoms with Crippen molar-refractivity contribution in [2.24, 2.45) is 7.05 Å². The minimum atomic E-state index is -0.0680. The third-order valence-corrected chi connectivity index (χ3v) is 3.97. The van der Waals surface area contributed by atoms with E-state index in [1.54, 1.807) is 6.07 Å². The molecule has 0 saturated carbocycles. The second-order valence-electron chi connectivity index (χ2n) is 5.54. The van der Waals surface area contributed by atoms with Gasteiger partial charge in [-0.15, -0.1) is 0 Å². The van der Waals surface area contributed by atoms with E-state index in [9.17, 15) is 4.79 Å². The van der Waals surface area contributed by atoms with Crippen LogP contribution < -0.4 is 0 Å². The maximum atomic E-state index is 12.6. The van der Waals surface area contributed by atoms with E-state index in [0.717, 1.165) is 43.1 Å². The van der Waals surface area contributed by atoms with E-state index in [1.165, 1.54) is 0 Å². The summed E-state index contributed by atoms with van der Waals surface area (Å²) >= 11 is 0. The predicted molar refractivity (Wildman–Crippen MR) is 76.8 cm³/mol.